The Labute approximate surface area is 87.8 Å². The van der Waals surface area contributed by atoms with Crippen molar-refractivity contribution in [1.29, 1.82) is 0 Å². The number of methoxy groups -OCH3 is 1. The molecule has 0 aliphatic carbocycles. The van der Waals surface area contributed by atoms with Gasteiger partial charge in [-0.1, -0.05) is 0 Å². The third-order valence-corrected chi connectivity index (χ3v) is 2.24. The molecule has 86 valence electrons. The van der Waals surface area contributed by atoms with Crippen LogP contribution in [0.5, 0.6) is 0 Å². The Bertz CT molecular complexity index is 243. The van der Waals surface area contributed by atoms with Gasteiger partial charge in [0.15, 0.2) is 0 Å². The first-order valence-electron chi connectivity index (χ1n) is 4.73. The van der Waals surface area contributed by atoms with E-state index in [-0.39, 0.29) is 31.6 Å². The molecule has 1 saturated heterocycles. The predicted molar refractivity (Wildman–Crippen MR) is 50.4 cm³/mol. The molecule has 1 fully saturated rings. The normalized spacial score (nSPS) is 21.8. The van der Waals surface area contributed by atoms with Gasteiger partial charge < -0.3 is 19.5 Å². The summed E-state index contributed by atoms with van der Waals surface area (Å²) in [6.45, 7) is 1.13. The molecule has 0 aromatic heterocycles. The first kappa shape index (κ1) is 11.9. The molecule has 0 aromatic carbocycles. The summed E-state index contributed by atoms with van der Waals surface area (Å²) in [6, 6.07) is -0.376. The van der Waals surface area contributed by atoms with Crippen molar-refractivity contribution in [2.75, 3.05) is 33.5 Å². The summed E-state index contributed by atoms with van der Waals surface area (Å²) >= 11 is 0. The number of morpholine rings is 1. The van der Waals surface area contributed by atoms with Gasteiger partial charge in [-0.05, 0) is 0 Å². The van der Waals surface area contributed by atoms with Gasteiger partial charge in [0, 0.05) is 13.7 Å². The number of rotatable bonds is 5. The predicted octanol–water partition coefficient (Wildman–Crippen LogP) is -0.665. The Morgan fingerprint density at radius 1 is 1.73 bits per heavy atom. The number of hydrogen-bond acceptors (Lipinski definition) is 4. The molecule has 6 heteroatoms. The summed E-state index contributed by atoms with van der Waals surface area (Å²) in [5.41, 5.74) is 0. The fourth-order valence-electron chi connectivity index (χ4n) is 1.53. The Balaban J connectivity index is 2.55. The van der Waals surface area contributed by atoms with Gasteiger partial charge in [0.05, 0.1) is 25.7 Å². The number of ether oxygens (including phenoxy) is 2. The Morgan fingerprint density at radius 3 is 3.07 bits per heavy atom. The molecule has 1 heterocycles. The molecular formula is C9H15NO5. The number of carboxylic acid groups (broad SMARTS) is 1. The van der Waals surface area contributed by atoms with Crippen molar-refractivity contribution >= 4 is 11.9 Å². The standard InChI is InChI=1S/C9H15NO5/c1-14-3-2-10-7(4-9(12)13)5-15-6-8(10)11/h7H,2-6H2,1H3,(H,12,13). The quantitative estimate of drug-likeness (QED) is 0.661. The summed E-state index contributed by atoms with van der Waals surface area (Å²) in [5.74, 6) is -1.11. The summed E-state index contributed by atoms with van der Waals surface area (Å²) in [6.07, 6.45) is -0.0878. The lowest BCUT2D eigenvalue weighted by Gasteiger charge is -2.34. The zero-order valence-corrected chi connectivity index (χ0v) is 8.64. The maximum absolute atomic E-state index is 11.4. The lowest BCUT2D eigenvalue weighted by Crippen LogP contribution is -2.51. The Hall–Kier alpha value is -1.14. The van der Waals surface area contributed by atoms with Gasteiger partial charge in [-0.15, -0.1) is 0 Å². The average molecular weight is 217 g/mol. The molecule has 1 unspecified atom stereocenters. The largest absolute Gasteiger partial charge is 0.481 e. The van der Waals surface area contributed by atoms with Crippen molar-refractivity contribution in [2.24, 2.45) is 0 Å². The molecule has 6 nitrogen and oxygen atoms in total. The summed E-state index contributed by atoms with van der Waals surface area (Å²) in [5, 5.41) is 8.67. The first-order valence-corrected chi connectivity index (χ1v) is 4.73. The molecule has 1 N–H and O–H groups in total. The van der Waals surface area contributed by atoms with E-state index in [1.807, 2.05) is 0 Å². The number of carbonyl (C=O) groups excluding carboxylic acids is 1. The molecule has 1 aliphatic rings. The molecule has 15 heavy (non-hydrogen) atoms. The van der Waals surface area contributed by atoms with E-state index < -0.39 is 5.97 Å². The number of hydrogen-bond donors (Lipinski definition) is 1. The SMILES string of the molecule is COCCN1C(=O)COCC1CC(=O)O. The fraction of sp³-hybridized carbons (Fsp3) is 0.778. The molecular weight excluding hydrogens is 202 g/mol. The minimum Gasteiger partial charge on any atom is -0.481 e. The number of carbonyl (C=O) groups is 2. The number of amides is 1. The van der Waals surface area contributed by atoms with Crippen LogP contribution in [0.3, 0.4) is 0 Å². The molecule has 0 bridgehead atoms. The average Bonchev–Trinajstić information content (AvgIpc) is 2.16. The molecule has 1 atom stereocenters. The maximum Gasteiger partial charge on any atom is 0.305 e. The van der Waals surface area contributed by atoms with Gasteiger partial charge in [-0.2, -0.15) is 0 Å². The van der Waals surface area contributed by atoms with Crippen LogP contribution in [0.15, 0.2) is 0 Å². The van der Waals surface area contributed by atoms with Gasteiger partial charge in [-0.25, -0.2) is 0 Å². The molecule has 0 saturated carbocycles. The molecule has 0 aromatic rings. The maximum atomic E-state index is 11.4. The van der Waals surface area contributed by atoms with Crippen molar-refractivity contribution < 1.29 is 24.2 Å². The molecule has 1 rings (SSSR count). The van der Waals surface area contributed by atoms with Crippen LogP contribution in [0.25, 0.3) is 0 Å². The highest BCUT2D eigenvalue weighted by atomic mass is 16.5. The number of aliphatic carboxylic acids is 1. The summed E-state index contributed by atoms with van der Waals surface area (Å²) in [4.78, 5) is 23.5. The molecule has 1 aliphatic heterocycles. The second-order valence-corrected chi connectivity index (χ2v) is 3.35. The Morgan fingerprint density at radius 2 is 2.47 bits per heavy atom. The van der Waals surface area contributed by atoms with Gasteiger partial charge in [0.25, 0.3) is 0 Å². The monoisotopic (exact) mass is 217 g/mol. The van der Waals surface area contributed by atoms with E-state index in [4.69, 9.17) is 14.6 Å². The number of nitrogens with zero attached hydrogens (tertiary/aromatic N) is 1. The van der Waals surface area contributed by atoms with Crippen molar-refractivity contribution in [1.82, 2.24) is 4.90 Å². The Kier molecular flexibility index (Phi) is 4.51. The molecule has 0 spiro atoms. The van der Waals surface area contributed by atoms with Crippen LogP contribution in [-0.4, -0.2) is 61.4 Å². The minimum absolute atomic E-state index is 0.0276. The van der Waals surface area contributed by atoms with Crippen LogP contribution in [0.1, 0.15) is 6.42 Å². The van der Waals surface area contributed by atoms with Crippen molar-refractivity contribution in [3.63, 3.8) is 0 Å². The second kappa shape index (κ2) is 5.67. The van der Waals surface area contributed by atoms with Crippen molar-refractivity contribution in [3.05, 3.63) is 0 Å². The summed E-state index contributed by atoms with van der Waals surface area (Å²) < 4.78 is 9.87. The van der Waals surface area contributed by atoms with E-state index in [2.05, 4.69) is 0 Å². The highest BCUT2D eigenvalue weighted by Gasteiger charge is 2.29. The third kappa shape index (κ3) is 3.49. The fourth-order valence-corrected chi connectivity index (χ4v) is 1.53. The zero-order chi connectivity index (χ0) is 11.3. The topological polar surface area (TPSA) is 76.1 Å². The van der Waals surface area contributed by atoms with E-state index in [0.717, 1.165) is 0 Å². The van der Waals surface area contributed by atoms with E-state index in [1.54, 1.807) is 0 Å². The van der Waals surface area contributed by atoms with Crippen LogP contribution >= 0.6 is 0 Å². The molecule has 0 radical (unpaired) electrons. The smallest absolute Gasteiger partial charge is 0.305 e. The molecule has 1 amide bonds. The van der Waals surface area contributed by atoms with E-state index in [9.17, 15) is 9.59 Å². The van der Waals surface area contributed by atoms with E-state index in [0.29, 0.717) is 13.2 Å². The van der Waals surface area contributed by atoms with E-state index in [1.165, 1.54) is 12.0 Å². The van der Waals surface area contributed by atoms with Crippen LogP contribution < -0.4 is 0 Å². The van der Waals surface area contributed by atoms with Crippen LogP contribution in [0.4, 0.5) is 0 Å². The van der Waals surface area contributed by atoms with Crippen LogP contribution in [0, 0.1) is 0 Å². The van der Waals surface area contributed by atoms with Gasteiger partial charge in [0.1, 0.15) is 6.61 Å². The van der Waals surface area contributed by atoms with Gasteiger partial charge in [0.2, 0.25) is 5.91 Å². The van der Waals surface area contributed by atoms with E-state index >= 15 is 0 Å². The van der Waals surface area contributed by atoms with Crippen LogP contribution in [0.2, 0.25) is 0 Å². The number of carboxylic acids is 1. The first-order chi connectivity index (χ1) is 7.15. The van der Waals surface area contributed by atoms with Crippen LogP contribution in [-0.2, 0) is 19.1 Å². The minimum atomic E-state index is -0.930. The highest BCUT2D eigenvalue weighted by molar-refractivity contribution is 5.79. The third-order valence-electron chi connectivity index (χ3n) is 2.24. The van der Waals surface area contributed by atoms with Gasteiger partial charge >= 0.3 is 5.97 Å². The lowest BCUT2D eigenvalue weighted by atomic mass is 10.1. The lowest BCUT2D eigenvalue weighted by molar-refractivity contribution is -0.152. The summed E-state index contributed by atoms with van der Waals surface area (Å²) in [7, 11) is 1.54. The highest BCUT2D eigenvalue weighted by Crippen LogP contribution is 2.11. The second-order valence-electron chi connectivity index (χ2n) is 3.35. The van der Waals surface area contributed by atoms with Crippen molar-refractivity contribution in [2.45, 2.75) is 12.5 Å². The van der Waals surface area contributed by atoms with Crippen molar-refractivity contribution in [3.8, 4) is 0 Å². The zero-order valence-electron chi connectivity index (χ0n) is 8.64. The van der Waals surface area contributed by atoms with Gasteiger partial charge in [-0.3, -0.25) is 9.59 Å².